The van der Waals surface area contributed by atoms with Crippen LogP contribution in [0.1, 0.15) is 23.6 Å². The molecule has 0 atom stereocenters. The predicted octanol–water partition coefficient (Wildman–Crippen LogP) is 7.17. The number of thioether (sulfide) groups is 1. The van der Waals surface area contributed by atoms with Crippen LogP contribution in [-0.4, -0.2) is 28.5 Å². The molecule has 0 saturated carbocycles. The van der Waals surface area contributed by atoms with Crippen LogP contribution >= 0.6 is 43.6 Å². The summed E-state index contributed by atoms with van der Waals surface area (Å²) in [5.74, 6) is -0.893. The van der Waals surface area contributed by atoms with Crippen molar-refractivity contribution in [2.45, 2.75) is 20.0 Å². The van der Waals surface area contributed by atoms with Gasteiger partial charge in [-0.05, 0) is 97.6 Å². The van der Waals surface area contributed by atoms with E-state index in [2.05, 4.69) is 37.2 Å². The van der Waals surface area contributed by atoms with E-state index in [1.54, 1.807) is 48.5 Å². The number of nitrogens with zero attached hydrogens (tertiary/aromatic N) is 1. The molecule has 10 heteroatoms. The molecule has 1 fully saturated rings. The molecule has 1 aliphatic rings. The molecule has 0 aromatic heterocycles. The van der Waals surface area contributed by atoms with Gasteiger partial charge in [-0.25, -0.2) is 4.39 Å². The Labute approximate surface area is 234 Å². The summed E-state index contributed by atoms with van der Waals surface area (Å²) in [6, 6.07) is 17.2. The Morgan fingerprint density at radius 3 is 2.41 bits per heavy atom. The quantitative estimate of drug-likeness (QED) is 0.263. The molecule has 3 amide bonds. The van der Waals surface area contributed by atoms with E-state index in [-0.39, 0.29) is 23.9 Å². The Hall–Kier alpha value is -2.95. The summed E-state index contributed by atoms with van der Waals surface area (Å²) < 4.78 is 20.8. The maximum absolute atomic E-state index is 13.9. The zero-order valence-corrected chi connectivity index (χ0v) is 23.6. The third kappa shape index (κ3) is 6.68. The number of halogens is 3. The molecule has 190 valence electrons. The van der Waals surface area contributed by atoms with Gasteiger partial charge in [-0.15, -0.1) is 0 Å². The molecule has 0 aliphatic carbocycles. The number of ether oxygens (including phenoxy) is 1. The minimum atomic E-state index is -0.543. The molecule has 37 heavy (non-hydrogen) atoms. The number of nitrogens with one attached hydrogen (secondary N) is 1. The number of hydrogen-bond acceptors (Lipinski definition) is 5. The molecule has 3 aromatic rings. The first kappa shape index (κ1) is 27.1. The highest BCUT2D eigenvalue weighted by Gasteiger charge is 2.36. The molecule has 0 radical (unpaired) electrons. The van der Waals surface area contributed by atoms with Crippen molar-refractivity contribution in [2.24, 2.45) is 0 Å². The average Bonchev–Trinajstić information content (AvgIpc) is 3.12. The number of carbonyl (C=O) groups is 3. The van der Waals surface area contributed by atoms with Crippen LogP contribution in [0, 0.1) is 5.82 Å². The third-order valence-corrected chi connectivity index (χ3v) is 7.55. The number of anilines is 1. The fourth-order valence-corrected chi connectivity index (χ4v) is 5.81. The maximum Gasteiger partial charge on any atom is 0.294 e. The van der Waals surface area contributed by atoms with E-state index < -0.39 is 17.1 Å². The van der Waals surface area contributed by atoms with Crippen molar-refractivity contribution < 1.29 is 23.5 Å². The van der Waals surface area contributed by atoms with Crippen molar-refractivity contribution in [3.8, 4) is 5.75 Å². The summed E-state index contributed by atoms with van der Waals surface area (Å²) in [7, 11) is 0. The van der Waals surface area contributed by atoms with Crippen LogP contribution in [-0.2, 0) is 22.6 Å². The standard InChI is InChI=1S/C27H21Br2FN2O4S/c1-2-16-7-9-19(10-8-16)31-24(33)14-32-26(34)23(37-27(32)35)13-17-11-20(28)25(21(29)12-17)36-15-18-5-3-4-6-22(18)30/h3-13H,2,14-15H2,1H3,(H,31,33)/b23-13+. The number of rotatable bonds is 8. The minimum absolute atomic E-state index is 0.0346. The molecular formula is C27H21Br2FN2O4S. The van der Waals surface area contributed by atoms with Crippen LogP contribution in [0.15, 0.2) is 74.5 Å². The zero-order chi connectivity index (χ0) is 26.5. The van der Waals surface area contributed by atoms with Gasteiger partial charge in [0.1, 0.15) is 24.7 Å². The van der Waals surface area contributed by atoms with Gasteiger partial charge in [0.15, 0.2) is 0 Å². The average molecular weight is 648 g/mol. The number of amides is 3. The number of aryl methyl sites for hydroxylation is 1. The smallest absolute Gasteiger partial charge is 0.294 e. The van der Waals surface area contributed by atoms with Gasteiger partial charge in [-0.3, -0.25) is 19.3 Å². The van der Waals surface area contributed by atoms with Crippen molar-refractivity contribution in [1.29, 1.82) is 0 Å². The van der Waals surface area contributed by atoms with Gasteiger partial charge in [0, 0.05) is 11.3 Å². The van der Waals surface area contributed by atoms with E-state index in [9.17, 15) is 18.8 Å². The molecule has 6 nitrogen and oxygen atoms in total. The van der Waals surface area contributed by atoms with Crippen LogP contribution in [0.4, 0.5) is 14.9 Å². The molecule has 0 bridgehead atoms. The van der Waals surface area contributed by atoms with Crippen molar-refractivity contribution in [1.82, 2.24) is 4.90 Å². The molecule has 1 aliphatic heterocycles. The van der Waals surface area contributed by atoms with Gasteiger partial charge >= 0.3 is 0 Å². The summed E-state index contributed by atoms with van der Waals surface area (Å²) in [5.41, 5.74) is 2.78. The molecule has 1 saturated heterocycles. The largest absolute Gasteiger partial charge is 0.486 e. The molecule has 0 spiro atoms. The second kappa shape index (κ2) is 12.1. The summed E-state index contributed by atoms with van der Waals surface area (Å²) >= 11 is 7.67. The van der Waals surface area contributed by atoms with Crippen LogP contribution < -0.4 is 10.1 Å². The number of imide groups is 1. The molecular weight excluding hydrogens is 627 g/mol. The van der Waals surface area contributed by atoms with Gasteiger partial charge in [0.25, 0.3) is 11.1 Å². The van der Waals surface area contributed by atoms with Crippen molar-refractivity contribution in [2.75, 3.05) is 11.9 Å². The Balaban J connectivity index is 1.43. The van der Waals surface area contributed by atoms with E-state index in [0.717, 1.165) is 28.6 Å². The van der Waals surface area contributed by atoms with E-state index in [1.807, 2.05) is 19.1 Å². The first-order valence-electron chi connectivity index (χ1n) is 11.2. The maximum atomic E-state index is 13.9. The lowest BCUT2D eigenvalue weighted by Gasteiger charge is -2.13. The molecule has 0 unspecified atom stereocenters. The van der Waals surface area contributed by atoms with Crippen molar-refractivity contribution in [3.63, 3.8) is 0 Å². The van der Waals surface area contributed by atoms with E-state index in [1.165, 1.54) is 6.07 Å². The Morgan fingerprint density at radius 2 is 1.76 bits per heavy atom. The van der Waals surface area contributed by atoms with E-state index >= 15 is 0 Å². The normalized spacial score (nSPS) is 14.4. The number of benzene rings is 3. The molecule has 1 heterocycles. The molecule has 1 N–H and O–H groups in total. The van der Waals surface area contributed by atoms with Crippen LogP contribution in [0.5, 0.6) is 5.75 Å². The van der Waals surface area contributed by atoms with Gasteiger partial charge < -0.3 is 10.1 Å². The number of carbonyl (C=O) groups excluding carboxylic acids is 3. The minimum Gasteiger partial charge on any atom is -0.486 e. The first-order valence-corrected chi connectivity index (χ1v) is 13.6. The monoisotopic (exact) mass is 646 g/mol. The summed E-state index contributed by atoms with van der Waals surface area (Å²) in [5, 5.41) is 2.19. The lowest BCUT2D eigenvalue weighted by Crippen LogP contribution is -2.36. The lowest BCUT2D eigenvalue weighted by molar-refractivity contribution is -0.127. The Morgan fingerprint density at radius 1 is 1.08 bits per heavy atom. The Kier molecular flexibility index (Phi) is 8.83. The summed E-state index contributed by atoms with van der Waals surface area (Å²) in [6.07, 6.45) is 2.45. The third-order valence-electron chi connectivity index (χ3n) is 5.47. The molecule has 3 aromatic carbocycles. The second-order valence-corrected chi connectivity index (χ2v) is 10.8. The van der Waals surface area contributed by atoms with E-state index in [4.69, 9.17) is 4.74 Å². The first-order chi connectivity index (χ1) is 17.7. The SMILES string of the molecule is CCc1ccc(NC(=O)CN2C(=O)S/C(=C/c3cc(Br)c(OCc4ccccc4F)c(Br)c3)C2=O)cc1. The van der Waals surface area contributed by atoms with E-state index in [0.29, 0.717) is 31.5 Å². The van der Waals surface area contributed by atoms with Gasteiger partial charge in [0.05, 0.1) is 13.9 Å². The Bertz CT molecular complexity index is 1370. The summed E-state index contributed by atoms with van der Waals surface area (Å²) in [4.78, 5) is 38.9. The topological polar surface area (TPSA) is 75.7 Å². The highest BCUT2D eigenvalue weighted by Crippen LogP contribution is 2.38. The van der Waals surface area contributed by atoms with Gasteiger partial charge in [0.2, 0.25) is 5.91 Å². The number of hydrogen-bond donors (Lipinski definition) is 1. The fourth-order valence-electron chi connectivity index (χ4n) is 3.52. The predicted molar refractivity (Wildman–Crippen MR) is 150 cm³/mol. The van der Waals surface area contributed by atoms with Crippen LogP contribution in [0.3, 0.4) is 0 Å². The van der Waals surface area contributed by atoms with Crippen molar-refractivity contribution in [3.05, 3.63) is 97.0 Å². The van der Waals surface area contributed by atoms with Crippen LogP contribution in [0.2, 0.25) is 0 Å². The van der Waals surface area contributed by atoms with Crippen molar-refractivity contribution >= 4 is 72.4 Å². The summed E-state index contributed by atoms with van der Waals surface area (Å²) in [6.45, 7) is 1.69. The second-order valence-electron chi connectivity index (χ2n) is 8.06. The van der Waals surface area contributed by atoms with Gasteiger partial charge in [-0.2, -0.15) is 0 Å². The highest BCUT2D eigenvalue weighted by molar-refractivity contribution is 9.11. The van der Waals surface area contributed by atoms with Gasteiger partial charge in [-0.1, -0.05) is 37.3 Å². The fraction of sp³-hybridized carbons (Fsp3) is 0.148. The lowest BCUT2D eigenvalue weighted by atomic mass is 10.1. The zero-order valence-electron chi connectivity index (χ0n) is 19.6. The highest BCUT2D eigenvalue weighted by atomic mass is 79.9. The van der Waals surface area contributed by atoms with Crippen LogP contribution in [0.25, 0.3) is 6.08 Å². The molecule has 4 rings (SSSR count).